The molecule has 2 N–H and O–H groups in total. The number of ether oxygens (including phenoxy) is 1. The van der Waals surface area contributed by atoms with Gasteiger partial charge in [0.15, 0.2) is 0 Å². The molecule has 1 rings (SSSR count). The fraction of sp³-hybridized carbons (Fsp3) is 0.222. The number of carbonyl (C=O) groups excluding carboxylic acids is 1. The topological polar surface area (TPSA) is 65.5 Å². The highest BCUT2D eigenvalue weighted by Crippen LogP contribution is 2.08. The molecule has 0 aliphatic carbocycles. The predicted molar refractivity (Wildman–Crippen MR) is 47.6 cm³/mol. The molecule has 0 saturated heterocycles. The zero-order valence-corrected chi connectivity index (χ0v) is 7.32. The van der Waals surface area contributed by atoms with Crippen LogP contribution >= 0.6 is 0 Å². The fourth-order valence-corrected chi connectivity index (χ4v) is 0.812. The van der Waals surface area contributed by atoms with Gasteiger partial charge in [0.05, 0.1) is 13.7 Å². The Bertz CT molecular complexity index is 314. The van der Waals surface area contributed by atoms with Crippen LogP contribution in [0.4, 0.5) is 0 Å². The Hall–Kier alpha value is -1.55. The molecule has 0 saturated carbocycles. The molecule has 0 atom stereocenters. The highest BCUT2D eigenvalue weighted by atomic mass is 16.5. The van der Waals surface area contributed by atoms with Crippen molar-refractivity contribution in [3.8, 4) is 0 Å². The molecule has 1 heterocycles. The van der Waals surface area contributed by atoms with Crippen LogP contribution in [-0.2, 0) is 16.1 Å². The van der Waals surface area contributed by atoms with Gasteiger partial charge in [0.2, 0.25) is 0 Å². The lowest BCUT2D eigenvalue weighted by Gasteiger charge is -1.89. The van der Waals surface area contributed by atoms with E-state index < -0.39 is 5.97 Å². The number of nitrogens with two attached hydrogens (primary N) is 1. The summed E-state index contributed by atoms with van der Waals surface area (Å²) < 4.78 is 9.62. The van der Waals surface area contributed by atoms with Gasteiger partial charge in [0.25, 0.3) is 0 Å². The summed E-state index contributed by atoms with van der Waals surface area (Å²) in [5, 5.41) is 0. The molecule has 1 aromatic rings. The van der Waals surface area contributed by atoms with Crippen molar-refractivity contribution in [3.63, 3.8) is 0 Å². The number of rotatable bonds is 3. The van der Waals surface area contributed by atoms with Crippen molar-refractivity contribution < 1.29 is 13.9 Å². The van der Waals surface area contributed by atoms with Gasteiger partial charge in [-0.25, -0.2) is 4.79 Å². The van der Waals surface area contributed by atoms with Crippen molar-refractivity contribution >= 4 is 12.0 Å². The zero-order chi connectivity index (χ0) is 9.68. The molecule has 0 unspecified atom stereocenters. The van der Waals surface area contributed by atoms with Crippen LogP contribution in [0.5, 0.6) is 0 Å². The summed E-state index contributed by atoms with van der Waals surface area (Å²) >= 11 is 0. The van der Waals surface area contributed by atoms with Crippen LogP contribution in [-0.4, -0.2) is 13.1 Å². The van der Waals surface area contributed by atoms with Gasteiger partial charge in [-0.3, -0.25) is 0 Å². The molecule has 0 amide bonds. The third-order valence-corrected chi connectivity index (χ3v) is 1.47. The monoisotopic (exact) mass is 181 g/mol. The van der Waals surface area contributed by atoms with E-state index in [1.807, 2.05) is 0 Å². The Morgan fingerprint density at radius 3 is 3.00 bits per heavy atom. The van der Waals surface area contributed by atoms with Gasteiger partial charge >= 0.3 is 5.97 Å². The van der Waals surface area contributed by atoms with Crippen LogP contribution in [0, 0.1) is 0 Å². The van der Waals surface area contributed by atoms with E-state index in [0.29, 0.717) is 18.1 Å². The van der Waals surface area contributed by atoms with Crippen LogP contribution in [0.15, 0.2) is 22.6 Å². The minimum atomic E-state index is -0.411. The van der Waals surface area contributed by atoms with Crippen LogP contribution < -0.4 is 5.73 Å². The van der Waals surface area contributed by atoms with Gasteiger partial charge in [-0.05, 0) is 18.2 Å². The first kappa shape index (κ1) is 9.54. The molecule has 0 radical (unpaired) electrons. The standard InChI is InChI=1S/C9H11NO3/c1-12-9(11)5-4-7-2-3-8(6-10)13-7/h2-5H,6,10H2,1H3/b5-4+. The fourth-order valence-electron chi connectivity index (χ4n) is 0.812. The Morgan fingerprint density at radius 2 is 2.46 bits per heavy atom. The summed E-state index contributed by atoms with van der Waals surface area (Å²) in [5.74, 6) is 0.862. The number of esters is 1. The lowest BCUT2D eigenvalue weighted by Crippen LogP contribution is -1.93. The molecule has 13 heavy (non-hydrogen) atoms. The second-order valence-corrected chi connectivity index (χ2v) is 2.36. The summed E-state index contributed by atoms with van der Waals surface area (Å²) in [6.45, 7) is 0.353. The predicted octanol–water partition coefficient (Wildman–Crippen LogP) is 0.924. The third-order valence-electron chi connectivity index (χ3n) is 1.47. The second kappa shape index (κ2) is 4.47. The lowest BCUT2D eigenvalue weighted by molar-refractivity contribution is -0.134. The summed E-state index contributed by atoms with van der Waals surface area (Å²) in [6.07, 6.45) is 2.82. The quantitative estimate of drug-likeness (QED) is 0.556. The number of methoxy groups -OCH3 is 1. The molecule has 4 heteroatoms. The third kappa shape index (κ3) is 2.76. The summed E-state index contributed by atoms with van der Waals surface area (Å²) in [6, 6.07) is 3.50. The van der Waals surface area contributed by atoms with E-state index in [1.54, 1.807) is 12.1 Å². The van der Waals surface area contributed by atoms with E-state index in [0.717, 1.165) is 0 Å². The average Bonchev–Trinajstić information content (AvgIpc) is 2.61. The largest absolute Gasteiger partial charge is 0.466 e. The maximum atomic E-state index is 10.7. The molecule has 0 spiro atoms. The van der Waals surface area contributed by atoms with Gasteiger partial charge in [0, 0.05) is 6.08 Å². The van der Waals surface area contributed by atoms with Crippen molar-refractivity contribution in [2.24, 2.45) is 5.73 Å². The maximum Gasteiger partial charge on any atom is 0.330 e. The molecule has 0 aliphatic rings. The number of furan rings is 1. The minimum Gasteiger partial charge on any atom is -0.466 e. The molecule has 0 aromatic carbocycles. The van der Waals surface area contributed by atoms with Gasteiger partial charge in [-0.2, -0.15) is 0 Å². The molecule has 0 fully saturated rings. The average molecular weight is 181 g/mol. The molecule has 0 aliphatic heterocycles. The van der Waals surface area contributed by atoms with Crippen LogP contribution in [0.25, 0.3) is 6.08 Å². The molecule has 4 nitrogen and oxygen atoms in total. The SMILES string of the molecule is COC(=O)/C=C/c1ccc(CN)o1. The molecule has 1 aromatic heterocycles. The summed E-state index contributed by atoms with van der Waals surface area (Å²) in [7, 11) is 1.32. The van der Waals surface area contributed by atoms with Crippen LogP contribution in [0.3, 0.4) is 0 Å². The van der Waals surface area contributed by atoms with Crippen molar-refractivity contribution in [1.29, 1.82) is 0 Å². The van der Waals surface area contributed by atoms with Gasteiger partial charge in [-0.1, -0.05) is 0 Å². The van der Waals surface area contributed by atoms with E-state index in [4.69, 9.17) is 10.2 Å². The lowest BCUT2D eigenvalue weighted by atomic mass is 10.4. The molecule has 0 bridgehead atoms. The first-order valence-corrected chi connectivity index (χ1v) is 3.81. The van der Waals surface area contributed by atoms with Gasteiger partial charge in [-0.15, -0.1) is 0 Å². The molecular weight excluding hydrogens is 170 g/mol. The minimum absolute atomic E-state index is 0.353. The number of hydrogen-bond donors (Lipinski definition) is 1. The first-order valence-electron chi connectivity index (χ1n) is 3.81. The first-order chi connectivity index (χ1) is 6.26. The van der Waals surface area contributed by atoms with Crippen molar-refractivity contribution in [1.82, 2.24) is 0 Å². The van der Waals surface area contributed by atoms with Gasteiger partial charge < -0.3 is 14.9 Å². The number of carbonyl (C=O) groups is 1. The summed E-state index contributed by atoms with van der Waals surface area (Å²) in [5.41, 5.74) is 5.34. The normalized spacial score (nSPS) is 10.6. The highest BCUT2D eigenvalue weighted by molar-refractivity contribution is 5.86. The maximum absolute atomic E-state index is 10.7. The molecule has 70 valence electrons. The van der Waals surface area contributed by atoms with Crippen molar-refractivity contribution in [3.05, 3.63) is 29.7 Å². The van der Waals surface area contributed by atoms with E-state index in [9.17, 15) is 4.79 Å². The van der Waals surface area contributed by atoms with Crippen molar-refractivity contribution in [2.45, 2.75) is 6.54 Å². The zero-order valence-electron chi connectivity index (χ0n) is 7.32. The highest BCUT2D eigenvalue weighted by Gasteiger charge is 1.97. The van der Waals surface area contributed by atoms with Gasteiger partial charge in [0.1, 0.15) is 11.5 Å². The van der Waals surface area contributed by atoms with E-state index in [2.05, 4.69) is 4.74 Å². The summed E-state index contributed by atoms with van der Waals surface area (Å²) in [4.78, 5) is 10.7. The number of hydrogen-bond acceptors (Lipinski definition) is 4. The Kier molecular flexibility index (Phi) is 3.28. The smallest absolute Gasteiger partial charge is 0.330 e. The molecular formula is C9H11NO3. The Morgan fingerprint density at radius 1 is 1.69 bits per heavy atom. The van der Waals surface area contributed by atoms with E-state index >= 15 is 0 Å². The van der Waals surface area contributed by atoms with Crippen molar-refractivity contribution in [2.75, 3.05) is 7.11 Å². The Balaban J connectivity index is 2.63. The van der Waals surface area contributed by atoms with Crippen LogP contribution in [0.1, 0.15) is 11.5 Å². The van der Waals surface area contributed by atoms with E-state index in [1.165, 1.54) is 19.3 Å². The Labute approximate surface area is 76.0 Å². The van der Waals surface area contributed by atoms with Crippen LogP contribution in [0.2, 0.25) is 0 Å². The second-order valence-electron chi connectivity index (χ2n) is 2.36. The van der Waals surface area contributed by atoms with E-state index in [-0.39, 0.29) is 0 Å².